The van der Waals surface area contributed by atoms with E-state index in [0.717, 1.165) is 31.3 Å². The Kier molecular flexibility index (Phi) is 7.63. The molecule has 0 radical (unpaired) electrons. The van der Waals surface area contributed by atoms with E-state index >= 15 is 0 Å². The van der Waals surface area contributed by atoms with Gasteiger partial charge in [-0.1, -0.05) is 26.0 Å². The first-order chi connectivity index (χ1) is 9.52. The number of hydrogen-bond donors (Lipinski definition) is 1. The van der Waals surface area contributed by atoms with Crippen LogP contribution >= 0.6 is 0 Å². The molecule has 0 aliphatic heterocycles. The molecule has 0 amide bonds. The standard InChI is InChI=1S/C17H30N2O/c1-14(2)12-18-10-9-15(3)19(4)13-16-7-6-8-17(11-16)20-5/h6-8,11,14-15,18H,9-10,12-13H2,1-5H3. The van der Waals surface area contributed by atoms with Crippen molar-refractivity contribution >= 4 is 0 Å². The molecule has 114 valence electrons. The van der Waals surface area contributed by atoms with Crippen molar-refractivity contribution in [2.75, 3.05) is 27.2 Å². The molecule has 0 saturated heterocycles. The first-order valence-corrected chi connectivity index (χ1v) is 7.56. The van der Waals surface area contributed by atoms with Gasteiger partial charge in [0.15, 0.2) is 0 Å². The molecule has 0 saturated carbocycles. The number of hydrogen-bond acceptors (Lipinski definition) is 3. The van der Waals surface area contributed by atoms with Crippen molar-refractivity contribution in [3.8, 4) is 5.75 Å². The summed E-state index contributed by atoms with van der Waals surface area (Å²) in [6.45, 7) is 9.92. The minimum Gasteiger partial charge on any atom is -0.497 e. The predicted octanol–water partition coefficient (Wildman–Crippen LogP) is 3.15. The second-order valence-electron chi connectivity index (χ2n) is 6.00. The van der Waals surface area contributed by atoms with Crippen LogP contribution < -0.4 is 10.1 Å². The Balaban J connectivity index is 2.35. The summed E-state index contributed by atoms with van der Waals surface area (Å²) in [5, 5.41) is 3.51. The Morgan fingerprint density at radius 2 is 2.00 bits per heavy atom. The normalized spacial score (nSPS) is 12.9. The lowest BCUT2D eigenvalue weighted by molar-refractivity contribution is 0.235. The third kappa shape index (κ3) is 6.40. The first kappa shape index (κ1) is 17.0. The highest BCUT2D eigenvalue weighted by molar-refractivity contribution is 5.28. The molecule has 0 spiro atoms. The highest BCUT2D eigenvalue weighted by Crippen LogP contribution is 2.15. The lowest BCUT2D eigenvalue weighted by Gasteiger charge is -2.25. The fourth-order valence-corrected chi connectivity index (χ4v) is 2.14. The van der Waals surface area contributed by atoms with Gasteiger partial charge in [-0.3, -0.25) is 4.90 Å². The molecule has 3 nitrogen and oxygen atoms in total. The van der Waals surface area contributed by atoms with Crippen molar-refractivity contribution in [1.82, 2.24) is 10.2 Å². The smallest absolute Gasteiger partial charge is 0.119 e. The number of nitrogens with zero attached hydrogens (tertiary/aromatic N) is 1. The largest absolute Gasteiger partial charge is 0.497 e. The van der Waals surface area contributed by atoms with Crippen LogP contribution in [0.5, 0.6) is 5.75 Å². The predicted molar refractivity (Wildman–Crippen MR) is 86.2 cm³/mol. The molecule has 0 heterocycles. The highest BCUT2D eigenvalue weighted by atomic mass is 16.5. The lowest BCUT2D eigenvalue weighted by atomic mass is 10.1. The van der Waals surface area contributed by atoms with Gasteiger partial charge in [-0.05, 0) is 57.1 Å². The Morgan fingerprint density at radius 1 is 1.25 bits per heavy atom. The summed E-state index contributed by atoms with van der Waals surface area (Å²) in [6, 6.07) is 8.88. The molecule has 1 unspecified atom stereocenters. The van der Waals surface area contributed by atoms with Gasteiger partial charge in [0.2, 0.25) is 0 Å². The Labute approximate surface area is 124 Å². The van der Waals surface area contributed by atoms with E-state index in [1.807, 2.05) is 6.07 Å². The van der Waals surface area contributed by atoms with E-state index in [-0.39, 0.29) is 0 Å². The number of nitrogens with one attached hydrogen (secondary N) is 1. The molecule has 0 bridgehead atoms. The van der Waals surface area contributed by atoms with Gasteiger partial charge in [0, 0.05) is 12.6 Å². The first-order valence-electron chi connectivity index (χ1n) is 7.56. The van der Waals surface area contributed by atoms with Crippen molar-refractivity contribution in [2.24, 2.45) is 5.92 Å². The minimum absolute atomic E-state index is 0.570. The molecule has 0 aromatic heterocycles. The maximum atomic E-state index is 5.27. The van der Waals surface area contributed by atoms with Crippen molar-refractivity contribution in [2.45, 2.75) is 39.8 Å². The van der Waals surface area contributed by atoms with Crippen LogP contribution in [0.15, 0.2) is 24.3 Å². The summed E-state index contributed by atoms with van der Waals surface area (Å²) < 4.78 is 5.27. The summed E-state index contributed by atoms with van der Waals surface area (Å²) in [7, 11) is 3.90. The Hall–Kier alpha value is -1.06. The molecule has 3 heteroatoms. The van der Waals surface area contributed by atoms with Crippen LogP contribution in [0.1, 0.15) is 32.8 Å². The van der Waals surface area contributed by atoms with Crippen LogP contribution in [-0.4, -0.2) is 38.2 Å². The molecule has 1 rings (SSSR count). The van der Waals surface area contributed by atoms with Gasteiger partial charge < -0.3 is 10.1 Å². The molecule has 20 heavy (non-hydrogen) atoms. The molecule has 0 fully saturated rings. The van der Waals surface area contributed by atoms with Crippen LogP contribution in [0, 0.1) is 5.92 Å². The maximum absolute atomic E-state index is 5.27. The van der Waals surface area contributed by atoms with Crippen molar-refractivity contribution in [3.05, 3.63) is 29.8 Å². The van der Waals surface area contributed by atoms with E-state index in [1.165, 1.54) is 12.0 Å². The Bertz CT molecular complexity index is 379. The molecular weight excluding hydrogens is 248 g/mol. The highest BCUT2D eigenvalue weighted by Gasteiger charge is 2.09. The molecule has 1 N–H and O–H groups in total. The summed E-state index contributed by atoms with van der Waals surface area (Å²) in [5.74, 6) is 1.65. The van der Waals surface area contributed by atoms with Crippen molar-refractivity contribution in [3.63, 3.8) is 0 Å². The fourth-order valence-electron chi connectivity index (χ4n) is 2.14. The van der Waals surface area contributed by atoms with Crippen LogP contribution in [-0.2, 0) is 6.54 Å². The van der Waals surface area contributed by atoms with E-state index in [0.29, 0.717) is 6.04 Å². The average molecular weight is 278 g/mol. The summed E-state index contributed by atoms with van der Waals surface area (Å²) in [5.41, 5.74) is 1.30. The van der Waals surface area contributed by atoms with Crippen LogP contribution in [0.2, 0.25) is 0 Å². The zero-order valence-corrected chi connectivity index (χ0v) is 13.6. The van der Waals surface area contributed by atoms with E-state index in [1.54, 1.807) is 7.11 Å². The minimum atomic E-state index is 0.570. The summed E-state index contributed by atoms with van der Waals surface area (Å²) >= 11 is 0. The monoisotopic (exact) mass is 278 g/mol. The van der Waals surface area contributed by atoms with Gasteiger partial charge in [0.25, 0.3) is 0 Å². The molecule has 1 aromatic carbocycles. The Morgan fingerprint density at radius 3 is 2.65 bits per heavy atom. The quantitative estimate of drug-likeness (QED) is 0.702. The van der Waals surface area contributed by atoms with Gasteiger partial charge >= 0.3 is 0 Å². The van der Waals surface area contributed by atoms with Gasteiger partial charge in [0.1, 0.15) is 5.75 Å². The fraction of sp³-hybridized carbons (Fsp3) is 0.647. The van der Waals surface area contributed by atoms with E-state index in [2.05, 4.69) is 56.2 Å². The number of methoxy groups -OCH3 is 1. The number of rotatable bonds is 9. The van der Waals surface area contributed by atoms with Crippen LogP contribution in [0.25, 0.3) is 0 Å². The van der Waals surface area contributed by atoms with Gasteiger partial charge in [-0.25, -0.2) is 0 Å². The lowest BCUT2D eigenvalue weighted by Crippen LogP contribution is -2.32. The van der Waals surface area contributed by atoms with Gasteiger partial charge in [-0.2, -0.15) is 0 Å². The zero-order chi connectivity index (χ0) is 15.0. The van der Waals surface area contributed by atoms with E-state index in [9.17, 15) is 0 Å². The molecule has 0 aliphatic rings. The molecule has 1 aromatic rings. The van der Waals surface area contributed by atoms with Gasteiger partial charge in [-0.15, -0.1) is 0 Å². The van der Waals surface area contributed by atoms with E-state index < -0.39 is 0 Å². The second kappa shape index (κ2) is 8.98. The van der Waals surface area contributed by atoms with Crippen molar-refractivity contribution < 1.29 is 4.74 Å². The summed E-state index contributed by atoms with van der Waals surface area (Å²) in [4.78, 5) is 2.39. The second-order valence-corrected chi connectivity index (χ2v) is 6.00. The average Bonchev–Trinajstić information content (AvgIpc) is 2.43. The topological polar surface area (TPSA) is 24.5 Å². The van der Waals surface area contributed by atoms with Gasteiger partial charge in [0.05, 0.1) is 7.11 Å². The SMILES string of the molecule is COc1cccc(CN(C)C(C)CCNCC(C)C)c1. The number of benzene rings is 1. The summed E-state index contributed by atoms with van der Waals surface area (Å²) in [6.07, 6.45) is 1.17. The zero-order valence-electron chi connectivity index (χ0n) is 13.6. The third-order valence-corrected chi connectivity index (χ3v) is 3.61. The number of ether oxygens (including phenoxy) is 1. The molecule has 0 aliphatic carbocycles. The van der Waals surface area contributed by atoms with E-state index in [4.69, 9.17) is 4.74 Å². The van der Waals surface area contributed by atoms with Crippen molar-refractivity contribution in [1.29, 1.82) is 0 Å². The van der Waals surface area contributed by atoms with Crippen LogP contribution in [0.4, 0.5) is 0 Å². The third-order valence-electron chi connectivity index (χ3n) is 3.61. The molecule has 1 atom stereocenters. The van der Waals surface area contributed by atoms with Crippen LogP contribution in [0.3, 0.4) is 0 Å². The molecular formula is C17H30N2O. The maximum Gasteiger partial charge on any atom is 0.119 e.